The number of rotatable bonds is 6. The van der Waals surface area contributed by atoms with Crippen molar-refractivity contribution in [3.05, 3.63) is 23.8 Å². The minimum absolute atomic E-state index is 0.304. The SMILES string of the molecule is CCOC(=O)C(C)Oc1ccc(C#N)cc1OCC. The molecule has 1 aromatic rings. The van der Waals surface area contributed by atoms with E-state index in [-0.39, 0.29) is 0 Å². The molecule has 5 heteroatoms. The largest absolute Gasteiger partial charge is 0.490 e. The quantitative estimate of drug-likeness (QED) is 0.736. The summed E-state index contributed by atoms with van der Waals surface area (Å²) in [6.45, 7) is 5.92. The molecule has 1 atom stereocenters. The smallest absolute Gasteiger partial charge is 0.347 e. The number of ether oxygens (including phenoxy) is 3. The lowest BCUT2D eigenvalue weighted by atomic mass is 10.2. The van der Waals surface area contributed by atoms with Crippen molar-refractivity contribution in [2.45, 2.75) is 26.9 Å². The number of hydrogen-bond acceptors (Lipinski definition) is 5. The molecule has 0 aliphatic rings. The van der Waals surface area contributed by atoms with Crippen LogP contribution in [0.4, 0.5) is 0 Å². The van der Waals surface area contributed by atoms with E-state index in [4.69, 9.17) is 19.5 Å². The summed E-state index contributed by atoms with van der Waals surface area (Å²) in [6, 6.07) is 6.82. The average molecular weight is 263 g/mol. The summed E-state index contributed by atoms with van der Waals surface area (Å²) >= 11 is 0. The van der Waals surface area contributed by atoms with E-state index < -0.39 is 12.1 Å². The molecule has 0 saturated heterocycles. The number of esters is 1. The van der Waals surface area contributed by atoms with Crippen LogP contribution in [0.2, 0.25) is 0 Å². The molecule has 5 nitrogen and oxygen atoms in total. The van der Waals surface area contributed by atoms with Crippen LogP contribution in [0.5, 0.6) is 11.5 Å². The van der Waals surface area contributed by atoms with Crippen molar-refractivity contribution < 1.29 is 19.0 Å². The van der Waals surface area contributed by atoms with Gasteiger partial charge in [-0.2, -0.15) is 5.26 Å². The van der Waals surface area contributed by atoms with Crippen LogP contribution in [0, 0.1) is 11.3 Å². The maximum Gasteiger partial charge on any atom is 0.347 e. The van der Waals surface area contributed by atoms with Gasteiger partial charge in [0.1, 0.15) is 0 Å². The Bertz CT molecular complexity index is 479. The number of carbonyl (C=O) groups excluding carboxylic acids is 1. The summed E-state index contributed by atoms with van der Waals surface area (Å²) in [4.78, 5) is 11.5. The highest BCUT2D eigenvalue weighted by Gasteiger charge is 2.18. The van der Waals surface area contributed by atoms with E-state index >= 15 is 0 Å². The van der Waals surface area contributed by atoms with Gasteiger partial charge in [0.05, 0.1) is 24.8 Å². The van der Waals surface area contributed by atoms with E-state index in [0.717, 1.165) is 0 Å². The fourth-order valence-corrected chi connectivity index (χ4v) is 1.44. The van der Waals surface area contributed by atoms with Crippen LogP contribution in [0.1, 0.15) is 26.3 Å². The Labute approximate surface area is 112 Å². The van der Waals surface area contributed by atoms with Gasteiger partial charge in [0.25, 0.3) is 0 Å². The Balaban J connectivity index is 2.88. The number of hydrogen-bond donors (Lipinski definition) is 0. The summed E-state index contributed by atoms with van der Waals surface area (Å²) in [5.41, 5.74) is 0.472. The first-order chi connectivity index (χ1) is 9.12. The van der Waals surface area contributed by atoms with Gasteiger partial charge in [0.2, 0.25) is 0 Å². The predicted octanol–water partition coefficient (Wildman–Crippen LogP) is 2.29. The van der Waals surface area contributed by atoms with E-state index in [1.54, 1.807) is 32.0 Å². The molecule has 1 aromatic carbocycles. The first-order valence-corrected chi connectivity index (χ1v) is 6.12. The second kappa shape index (κ2) is 7.27. The molecule has 0 saturated carbocycles. The van der Waals surface area contributed by atoms with Gasteiger partial charge in [-0.15, -0.1) is 0 Å². The monoisotopic (exact) mass is 263 g/mol. The van der Waals surface area contributed by atoms with Gasteiger partial charge >= 0.3 is 5.97 Å². The molecule has 0 radical (unpaired) electrons. The van der Waals surface area contributed by atoms with Gasteiger partial charge in [-0.1, -0.05) is 0 Å². The third-order valence-electron chi connectivity index (χ3n) is 2.29. The molecular formula is C14H17NO4. The molecule has 0 heterocycles. The minimum Gasteiger partial charge on any atom is -0.490 e. The zero-order valence-corrected chi connectivity index (χ0v) is 11.3. The molecular weight excluding hydrogens is 246 g/mol. The van der Waals surface area contributed by atoms with Crippen LogP contribution in [0.15, 0.2) is 18.2 Å². The minimum atomic E-state index is -0.730. The molecule has 19 heavy (non-hydrogen) atoms. The lowest BCUT2D eigenvalue weighted by molar-refractivity contribution is -0.150. The molecule has 0 spiro atoms. The Morgan fingerprint density at radius 3 is 2.63 bits per heavy atom. The van der Waals surface area contributed by atoms with Crippen LogP contribution >= 0.6 is 0 Å². The van der Waals surface area contributed by atoms with Gasteiger partial charge in [0.15, 0.2) is 17.6 Å². The summed E-state index contributed by atoms with van der Waals surface area (Å²) in [7, 11) is 0. The van der Waals surface area contributed by atoms with Gasteiger partial charge in [-0.3, -0.25) is 0 Å². The molecule has 1 rings (SSSR count). The Morgan fingerprint density at radius 1 is 1.32 bits per heavy atom. The molecule has 0 N–H and O–H groups in total. The average Bonchev–Trinajstić information content (AvgIpc) is 2.41. The molecule has 0 amide bonds. The van der Waals surface area contributed by atoms with Crippen molar-refractivity contribution in [1.82, 2.24) is 0 Å². The molecule has 0 bridgehead atoms. The summed E-state index contributed by atoms with van der Waals surface area (Å²) < 4.78 is 15.8. The normalized spacial score (nSPS) is 11.3. The van der Waals surface area contributed by atoms with Crippen LogP contribution < -0.4 is 9.47 Å². The van der Waals surface area contributed by atoms with Crippen molar-refractivity contribution in [2.75, 3.05) is 13.2 Å². The van der Waals surface area contributed by atoms with Crippen molar-refractivity contribution in [1.29, 1.82) is 5.26 Å². The fraction of sp³-hybridized carbons (Fsp3) is 0.429. The highest BCUT2D eigenvalue weighted by Crippen LogP contribution is 2.29. The van der Waals surface area contributed by atoms with E-state index in [0.29, 0.717) is 30.3 Å². The molecule has 0 aromatic heterocycles. The lowest BCUT2D eigenvalue weighted by Crippen LogP contribution is -2.26. The van der Waals surface area contributed by atoms with Crippen molar-refractivity contribution in [2.24, 2.45) is 0 Å². The Hall–Kier alpha value is -2.22. The van der Waals surface area contributed by atoms with Gasteiger partial charge in [-0.25, -0.2) is 4.79 Å². The van der Waals surface area contributed by atoms with Crippen molar-refractivity contribution in [3.63, 3.8) is 0 Å². The highest BCUT2D eigenvalue weighted by molar-refractivity contribution is 5.74. The molecule has 1 unspecified atom stereocenters. The number of nitrogens with zero attached hydrogens (tertiary/aromatic N) is 1. The van der Waals surface area contributed by atoms with Crippen LogP contribution in [-0.2, 0) is 9.53 Å². The zero-order chi connectivity index (χ0) is 14.3. The number of nitriles is 1. The first-order valence-electron chi connectivity index (χ1n) is 6.12. The third-order valence-corrected chi connectivity index (χ3v) is 2.29. The summed E-state index contributed by atoms with van der Waals surface area (Å²) in [5, 5.41) is 8.84. The van der Waals surface area contributed by atoms with Crippen molar-refractivity contribution in [3.8, 4) is 17.6 Å². The number of carbonyl (C=O) groups is 1. The highest BCUT2D eigenvalue weighted by atomic mass is 16.6. The predicted molar refractivity (Wildman–Crippen MR) is 69.0 cm³/mol. The maximum atomic E-state index is 11.5. The van der Waals surface area contributed by atoms with Gasteiger partial charge < -0.3 is 14.2 Å². The molecule has 0 fully saturated rings. The summed E-state index contributed by atoms with van der Waals surface area (Å²) in [5.74, 6) is 0.424. The van der Waals surface area contributed by atoms with Crippen LogP contribution in [-0.4, -0.2) is 25.3 Å². The van der Waals surface area contributed by atoms with Crippen molar-refractivity contribution >= 4 is 5.97 Å². The second-order valence-corrected chi connectivity index (χ2v) is 3.72. The first kappa shape index (κ1) is 14.8. The molecule has 0 aliphatic heterocycles. The van der Waals surface area contributed by atoms with Gasteiger partial charge in [-0.05, 0) is 32.9 Å². The van der Waals surface area contributed by atoms with E-state index in [9.17, 15) is 4.79 Å². The molecule has 0 aliphatic carbocycles. The van der Waals surface area contributed by atoms with Gasteiger partial charge in [0, 0.05) is 6.07 Å². The third kappa shape index (κ3) is 4.18. The van der Waals surface area contributed by atoms with E-state index in [1.807, 2.05) is 13.0 Å². The zero-order valence-electron chi connectivity index (χ0n) is 11.3. The lowest BCUT2D eigenvalue weighted by Gasteiger charge is -2.16. The van der Waals surface area contributed by atoms with E-state index in [2.05, 4.69) is 0 Å². The van der Waals surface area contributed by atoms with E-state index in [1.165, 1.54) is 0 Å². The molecule has 102 valence electrons. The second-order valence-electron chi connectivity index (χ2n) is 3.72. The topological polar surface area (TPSA) is 68.5 Å². The standard InChI is InChI=1S/C14H17NO4/c1-4-17-13-8-11(9-15)6-7-12(13)19-10(3)14(16)18-5-2/h6-8,10H,4-5H2,1-3H3. The number of benzene rings is 1. The van der Waals surface area contributed by atoms with Crippen LogP contribution in [0.25, 0.3) is 0 Å². The Morgan fingerprint density at radius 2 is 2.05 bits per heavy atom. The summed E-state index contributed by atoms with van der Waals surface area (Å²) in [6.07, 6.45) is -0.730. The maximum absolute atomic E-state index is 11.5. The fourth-order valence-electron chi connectivity index (χ4n) is 1.44. The Kier molecular flexibility index (Phi) is 5.68. The van der Waals surface area contributed by atoms with Crippen LogP contribution in [0.3, 0.4) is 0 Å².